The average Bonchev–Trinajstić information content (AvgIpc) is 2.51. The highest BCUT2D eigenvalue weighted by Crippen LogP contribution is 2.29. The average molecular weight is 240 g/mol. The lowest BCUT2D eigenvalue weighted by Crippen LogP contribution is -2.15. The van der Waals surface area contributed by atoms with Gasteiger partial charge in [-0.25, -0.2) is 0 Å². The minimum Gasteiger partial charge on any atom is -0.392 e. The van der Waals surface area contributed by atoms with Crippen molar-refractivity contribution in [3.8, 4) is 0 Å². The summed E-state index contributed by atoms with van der Waals surface area (Å²) in [5.74, 6) is -0.158. The highest BCUT2D eigenvalue weighted by molar-refractivity contribution is 5.85. The van der Waals surface area contributed by atoms with Gasteiger partial charge < -0.3 is 10.2 Å². The third-order valence-corrected chi connectivity index (χ3v) is 3.60. The molecule has 98 valence electrons. The third-order valence-electron chi connectivity index (χ3n) is 3.60. The Hall–Kier alpha value is -0.670. The van der Waals surface area contributed by atoms with Crippen molar-refractivity contribution in [2.45, 2.75) is 58.2 Å². The standard InChI is InChI=1S/C14H24O3/c1-3-4-5-6-11(15)7-8-12-10(2)13(16)9-14(12)17/h7-8,10-13,15-16H,3-6,9H2,1-2H3/b8-7+/t10?,11?,12-,13?/m1/s1. The Kier molecular flexibility index (Phi) is 5.86. The summed E-state index contributed by atoms with van der Waals surface area (Å²) >= 11 is 0. The molecule has 0 aromatic carbocycles. The fourth-order valence-corrected chi connectivity index (χ4v) is 2.29. The normalized spacial score (nSPS) is 31.3. The monoisotopic (exact) mass is 240 g/mol. The van der Waals surface area contributed by atoms with Crippen molar-refractivity contribution in [3.63, 3.8) is 0 Å². The molecule has 0 saturated heterocycles. The smallest absolute Gasteiger partial charge is 0.142 e. The molecule has 1 aliphatic rings. The second kappa shape index (κ2) is 6.92. The summed E-state index contributed by atoms with van der Waals surface area (Å²) in [5, 5.41) is 19.3. The molecule has 3 heteroatoms. The number of hydrogen-bond acceptors (Lipinski definition) is 3. The summed E-state index contributed by atoms with van der Waals surface area (Å²) in [5.41, 5.74) is 0. The van der Waals surface area contributed by atoms with Gasteiger partial charge in [-0.15, -0.1) is 0 Å². The molecule has 4 atom stereocenters. The van der Waals surface area contributed by atoms with Crippen LogP contribution < -0.4 is 0 Å². The molecule has 0 spiro atoms. The molecule has 3 nitrogen and oxygen atoms in total. The number of hydrogen-bond donors (Lipinski definition) is 2. The van der Waals surface area contributed by atoms with E-state index in [0.29, 0.717) is 0 Å². The van der Waals surface area contributed by atoms with E-state index >= 15 is 0 Å². The van der Waals surface area contributed by atoms with Crippen LogP contribution in [0.4, 0.5) is 0 Å². The molecule has 2 N–H and O–H groups in total. The molecule has 0 aromatic rings. The fraction of sp³-hybridized carbons (Fsp3) is 0.786. The molecule has 3 unspecified atom stereocenters. The topological polar surface area (TPSA) is 57.5 Å². The quantitative estimate of drug-likeness (QED) is 0.552. The van der Waals surface area contributed by atoms with Crippen LogP contribution in [-0.4, -0.2) is 28.2 Å². The van der Waals surface area contributed by atoms with E-state index in [-0.39, 0.29) is 24.0 Å². The lowest BCUT2D eigenvalue weighted by Gasteiger charge is -2.12. The molecular formula is C14H24O3. The Balaban J connectivity index is 2.39. The predicted octanol–water partition coefficient (Wildman–Crippen LogP) is 2.07. The van der Waals surface area contributed by atoms with Crippen LogP contribution >= 0.6 is 0 Å². The highest BCUT2D eigenvalue weighted by Gasteiger charge is 2.36. The van der Waals surface area contributed by atoms with Crippen LogP contribution in [-0.2, 0) is 4.79 Å². The first-order chi connectivity index (χ1) is 8.06. The molecule has 1 aliphatic carbocycles. The van der Waals surface area contributed by atoms with Gasteiger partial charge in [-0.3, -0.25) is 4.79 Å². The van der Waals surface area contributed by atoms with Crippen molar-refractivity contribution in [2.75, 3.05) is 0 Å². The molecular weight excluding hydrogens is 216 g/mol. The van der Waals surface area contributed by atoms with E-state index in [0.717, 1.165) is 25.7 Å². The molecule has 1 rings (SSSR count). The fourth-order valence-electron chi connectivity index (χ4n) is 2.29. The van der Waals surface area contributed by atoms with Gasteiger partial charge in [0.1, 0.15) is 5.78 Å². The third kappa shape index (κ3) is 4.25. The van der Waals surface area contributed by atoms with Gasteiger partial charge in [0.25, 0.3) is 0 Å². The van der Waals surface area contributed by atoms with Crippen molar-refractivity contribution >= 4 is 5.78 Å². The summed E-state index contributed by atoms with van der Waals surface area (Å²) < 4.78 is 0. The Labute approximate surface area is 104 Å². The summed E-state index contributed by atoms with van der Waals surface area (Å²) in [6, 6.07) is 0. The lowest BCUT2D eigenvalue weighted by molar-refractivity contribution is -0.120. The van der Waals surface area contributed by atoms with Crippen molar-refractivity contribution < 1.29 is 15.0 Å². The molecule has 1 saturated carbocycles. The van der Waals surface area contributed by atoms with Crippen LogP contribution in [0.3, 0.4) is 0 Å². The van der Waals surface area contributed by atoms with Crippen molar-refractivity contribution in [1.29, 1.82) is 0 Å². The van der Waals surface area contributed by atoms with Gasteiger partial charge in [-0.2, -0.15) is 0 Å². The number of unbranched alkanes of at least 4 members (excludes halogenated alkanes) is 2. The van der Waals surface area contributed by atoms with Crippen LogP contribution in [0.25, 0.3) is 0 Å². The number of aliphatic hydroxyl groups is 2. The van der Waals surface area contributed by atoms with Gasteiger partial charge in [-0.1, -0.05) is 45.3 Å². The largest absolute Gasteiger partial charge is 0.392 e. The van der Waals surface area contributed by atoms with Gasteiger partial charge in [0.15, 0.2) is 0 Å². The van der Waals surface area contributed by atoms with E-state index in [4.69, 9.17) is 0 Å². The van der Waals surface area contributed by atoms with E-state index in [1.807, 2.05) is 6.92 Å². The Morgan fingerprint density at radius 3 is 2.71 bits per heavy atom. The Bertz CT molecular complexity index is 273. The minimum atomic E-state index is -0.519. The number of aliphatic hydroxyl groups excluding tert-OH is 2. The summed E-state index contributed by atoms with van der Waals surface area (Å²) in [6.07, 6.45) is 6.80. The van der Waals surface area contributed by atoms with E-state index in [1.54, 1.807) is 12.2 Å². The predicted molar refractivity (Wildman–Crippen MR) is 67.6 cm³/mol. The molecule has 17 heavy (non-hydrogen) atoms. The van der Waals surface area contributed by atoms with Gasteiger partial charge in [0.05, 0.1) is 12.2 Å². The molecule has 0 radical (unpaired) electrons. The molecule has 0 aliphatic heterocycles. The highest BCUT2D eigenvalue weighted by atomic mass is 16.3. The molecule has 0 bridgehead atoms. The zero-order chi connectivity index (χ0) is 12.8. The number of allylic oxidation sites excluding steroid dienone is 1. The number of Topliss-reactive ketones (excluding diaryl/α,β-unsaturated/α-hetero) is 1. The van der Waals surface area contributed by atoms with E-state index in [9.17, 15) is 15.0 Å². The Morgan fingerprint density at radius 2 is 2.18 bits per heavy atom. The lowest BCUT2D eigenvalue weighted by atomic mass is 9.95. The van der Waals surface area contributed by atoms with Crippen molar-refractivity contribution in [2.24, 2.45) is 11.8 Å². The summed E-state index contributed by atoms with van der Waals surface area (Å²) in [4.78, 5) is 11.6. The zero-order valence-corrected chi connectivity index (χ0v) is 10.8. The first-order valence-corrected chi connectivity index (χ1v) is 6.63. The maximum Gasteiger partial charge on any atom is 0.142 e. The van der Waals surface area contributed by atoms with E-state index in [1.165, 1.54) is 0 Å². The number of rotatable bonds is 6. The van der Waals surface area contributed by atoms with Crippen LogP contribution in [0.15, 0.2) is 12.2 Å². The van der Waals surface area contributed by atoms with E-state index < -0.39 is 12.2 Å². The zero-order valence-electron chi connectivity index (χ0n) is 10.8. The SMILES string of the molecule is CCCCCC(O)/C=C/[C@H]1C(=O)CC(O)C1C. The first kappa shape index (κ1) is 14.4. The van der Waals surface area contributed by atoms with Crippen molar-refractivity contribution in [3.05, 3.63) is 12.2 Å². The van der Waals surface area contributed by atoms with Gasteiger partial charge in [-0.05, 0) is 12.3 Å². The second-order valence-corrected chi connectivity index (χ2v) is 5.07. The number of ketones is 1. The molecule has 0 heterocycles. The number of carbonyl (C=O) groups is 1. The van der Waals surface area contributed by atoms with Crippen LogP contribution in [0.5, 0.6) is 0 Å². The van der Waals surface area contributed by atoms with Crippen LogP contribution in [0.1, 0.15) is 46.0 Å². The van der Waals surface area contributed by atoms with Crippen LogP contribution in [0.2, 0.25) is 0 Å². The Morgan fingerprint density at radius 1 is 1.47 bits per heavy atom. The minimum absolute atomic E-state index is 0.0263. The van der Waals surface area contributed by atoms with Crippen LogP contribution in [0, 0.1) is 11.8 Å². The maximum atomic E-state index is 11.6. The molecule has 0 aromatic heterocycles. The molecule has 0 amide bonds. The first-order valence-electron chi connectivity index (χ1n) is 6.63. The number of carbonyl (C=O) groups excluding carboxylic acids is 1. The summed E-state index contributed by atoms with van der Waals surface area (Å²) in [6.45, 7) is 4.01. The van der Waals surface area contributed by atoms with Gasteiger partial charge in [0, 0.05) is 12.3 Å². The second-order valence-electron chi connectivity index (χ2n) is 5.07. The van der Waals surface area contributed by atoms with Crippen molar-refractivity contribution in [1.82, 2.24) is 0 Å². The molecule has 1 fully saturated rings. The van der Waals surface area contributed by atoms with Gasteiger partial charge >= 0.3 is 0 Å². The maximum absolute atomic E-state index is 11.6. The summed E-state index contributed by atoms with van der Waals surface area (Å²) in [7, 11) is 0. The van der Waals surface area contributed by atoms with Gasteiger partial charge in [0.2, 0.25) is 0 Å². The van der Waals surface area contributed by atoms with E-state index in [2.05, 4.69) is 6.92 Å².